The number of piperidine rings is 1. The minimum atomic E-state index is -0.0581. The molecule has 158 valence electrons. The van der Waals surface area contributed by atoms with Crippen molar-refractivity contribution >= 4 is 23.4 Å². The van der Waals surface area contributed by atoms with Gasteiger partial charge in [-0.1, -0.05) is 36.0 Å². The van der Waals surface area contributed by atoms with Crippen LogP contribution in [0, 0.1) is 6.92 Å². The van der Waals surface area contributed by atoms with Crippen LogP contribution in [0.3, 0.4) is 0 Å². The van der Waals surface area contributed by atoms with Gasteiger partial charge in [-0.25, -0.2) is 4.98 Å². The average molecular weight is 433 g/mol. The molecule has 1 fully saturated rings. The molecule has 0 N–H and O–H groups in total. The highest BCUT2D eigenvalue weighted by atomic mass is 32.2. The van der Waals surface area contributed by atoms with Crippen LogP contribution in [0.1, 0.15) is 30.7 Å². The number of thioether (sulfide) groups is 1. The second-order valence-electron chi connectivity index (χ2n) is 7.74. The number of anilines is 1. The molecule has 1 aromatic carbocycles. The zero-order valence-corrected chi connectivity index (χ0v) is 18.3. The summed E-state index contributed by atoms with van der Waals surface area (Å²) in [7, 11) is 0. The van der Waals surface area contributed by atoms with Gasteiger partial charge in [-0.05, 0) is 50.5 Å². The van der Waals surface area contributed by atoms with Crippen molar-refractivity contribution in [3.8, 4) is 5.69 Å². The number of nitrogens with zero attached hydrogens (tertiary/aromatic N) is 6. The standard InChI is InChI=1S/C23H24N6OS/c1-17-9-8-12-20-24-18(15-21(30)28(17)20)16-31-23-26-25-22(27-13-6-3-7-14-27)29(23)19-10-4-2-5-11-19/h2,4-5,8-12,15H,3,6-7,13-14,16H2,1H3. The average Bonchev–Trinajstić information content (AvgIpc) is 3.23. The first kappa shape index (κ1) is 19.8. The smallest absolute Gasteiger partial charge is 0.258 e. The van der Waals surface area contributed by atoms with E-state index >= 15 is 0 Å². The number of pyridine rings is 1. The quantitative estimate of drug-likeness (QED) is 0.446. The van der Waals surface area contributed by atoms with Crippen molar-refractivity contribution in [3.63, 3.8) is 0 Å². The van der Waals surface area contributed by atoms with E-state index in [0.717, 1.165) is 41.3 Å². The van der Waals surface area contributed by atoms with Gasteiger partial charge < -0.3 is 4.90 Å². The summed E-state index contributed by atoms with van der Waals surface area (Å²) in [4.78, 5) is 19.6. The van der Waals surface area contributed by atoms with Gasteiger partial charge in [0, 0.05) is 30.6 Å². The molecular weight excluding hydrogens is 408 g/mol. The number of benzene rings is 1. The summed E-state index contributed by atoms with van der Waals surface area (Å²) in [5, 5.41) is 9.85. The van der Waals surface area contributed by atoms with E-state index in [1.54, 1.807) is 22.2 Å². The highest BCUT2D eigenvalue weighted by Crippen LogP contribution is 2.29. The molecule has 0 atom stereocenters. The lowest BCUT2D eigenvalue weighted by molar-refractivity contribution is 0.564. The maximum absolute atomic E-state index is 12.6. The molecule has 0 aliphatic carbocycles. The molecule has 5 rings (SSSR count). The fourth-order valence-electron chi connectivity index (χ4n) is 4.03. The third kappa shape index (κ3) is 3.95. The highest BCUT2D eigenvalue weighted by Gasteiger charge is 2.21. The molecule has 8 heteroatoms. The third-order valence-electron chi connectivity index (χ3n) is 5.55. The monoisotopic (exact) mass is 432 g/mol. The Morgan fingerprint density at radius 1 is 0.968 bits per heavy atom. The van der Waals surface area contributed by atoms with E-state index in [0.29, 0.717) is 11.4 Å². The molecule has 0 unspecified atom stereocenters. The zero-order chi connectivity index (χ0) is 21.2. The molecule has 0 saturated carbocycles. The third-order valence-corrected chi connectivity index (χ3v) is 6.51. The molecule has 1 aliphatic heterocycles. The molecule has 7 nitrogen and oxygen atoms in total. The SMILES string of the molecule is Cc1cccc2nc(CSc3nnc(N4CCCCC4)n3-c3ccccc3)cc(=O)n12. The van der Waals surface area contributed by atoms with Crippen LogP contribution >= 0.6 is 11.8 Å². The zero-order valence-electron chi connectivity index (χ0n) is 17.4. The second-order valence-corrected chi connectivity index (χ2v) is 8.68. The van der Waals surface area contributed by atoms with Crippen LogP contribution in [0.15, 0.2) is 64.5 Å². The van der Waals surface area contributed by atoms with Crippen LogP contribution in [0.25, 0.3) is 11.3 Å². The fraction of sp³-hybridized carbons (Fsp3) is 0.304. The van der Waals surface area contributed by atoms with Crippen molar-refractivity contribution in [3.05, 3.63) is 76.3 Å². The maximum Gasteiger partial charge on any atom is 0.258 e. The van der Waals surface area contributed by atoms with E-state index in [9.17, 15) is 4.79 Å². The van der Waals surface area contributed by atoms with Gasteiger partial charge in [0.05, 0.1) is 11.4 Å². The predicted octanol–water partition coefficient (Wildman–Crippen LogP) is 3.87. The van der Waals surface area contributed by atoms with Crippen molar-refractivity contribution in [2.24, 2.45) is 0 Å². The molecular formula is C23H24N6OS. The molecule has 0 bridgehead atoms. The van der Waals surface area contributed by atoms with Gasteiger partial charge >= 0.3 is 0 Å². The number of aryl methyl sites for hydroxylation is 1. The summed E-state index contributed by atoms with van der Waals surface area (Å²) in [5.41, 5.74) is 3.27. The van der Waals surface area contributed by atoms with E-state index in [2.05, 4.69) is 36.8 Å². The van der Waals surface area contributed by atoms with Crippen molar-refractivity contribution in [2.75, 3.05) is 18.0 Å². The minimum absolute atomic E-state index is 0.0581. The molecule has 31 heavy (non-hydrogen) atoms. The summed E-state index contributed by atoms with van der Waals surface area (Å²) in [6.45, 7) is 3.91. The molecule has 1 saturated heterocycles. The number of para-hydroxylation sites is 1. The minimum Gasteiger partial charge on any atom is -0.341 e. The molecule has 1 aliphatic rings. The Morgan fingerprint density at radius 2 is 1.77 bits per heavy atom. The maximum atomic E-state index is 12.6. The molecule has 0 amide bonds. The van der Waals surface area contributed by atoms with Gasteiger partial charge in [0.15, 0.2) is 5.16 Å². The van der Waals surface area contributed by atoms with Gasteiger partial charge in [-0.3, -0.25) is 13.8 Å². The fourth-order valence-corrected chi connectivity index (χ4v) is 4.87. The Bertz CT molecular complexity index is 1260. The second kappa shape index (κ2) is 8.55. The number of aromatic nitrogens is 5. The van der Waals surface area contributed by atoms with E-state index < -0.39 is 0 Å². The van der Waals surface area contributed by atoms with Crippen LogP contribution in [-0.2, 0) is 5.75 Å². The van der Waals surface area contributed by atoms with E-state index in [4.69, 9.17) is 0 Å². The Hall–Kier alpha value is -3.13. The normalized spacial score (nSPS) is 14.3. The lowest BCUT2D eigenvalue weighted by Gasteiger charge is -2.27. The van der Waals surface area contributed by atoms with Crippen molar-refractivity contribution in [1.82, 2.24) is 24.1 Å². The van der Waals surface area contributed by atoms with Crippen LogP contribution < -0.4 is 10.5 Å². The number of hydrogen-bond acceptors (Lipinski definition) is 6. The van der Waals surface area contributed by atoms with Gasteiger partial charge in [0.25, 0.3) is 5.56 Å². The Balaban J connectivity index is 1.47. The first-order chi connectivity index (χ1) is 15.2. The van der Waals surface area contributed by atoms with E-state index in [1.807, 2.05) is 43.3 Å². The largest absolute Gasteiger partial charge is 0.341 e. The lowest BCUT2D eigenvalue weighted by atomic mass is 10.1. The Morgan fingerprint density at radius 3 is 2.58 bits per heavy atom. The molecule has 4 heterocycles. The van der Waals surface area contributed by atoms with Crippen molar-refractivity contribution in [1.29, 1.82) is 0 Å². The first-order valence-electron chi connectivity index (χ1n) is 10.6. The topological polar surface area (TPSA) is 68.3 Å². The van der Waals surface area contributed by atoms with Gasteiger partial charge in [0.1, 0.15) is 5.65 Å². The Labute approximate surface area is 184 Å². The van der Waals surface area contributed by atoms with Crippen LogP contribution in [0.4, 0.5) is 5.95 Å². The lowest BCUT2D eigenvalue weighted by Crippen LogP contribution is -2.31. The van der Waals surface area contributed by atoms with E-state index in [1.165, 1.54) is 19.3 Å². The summed E-state index contributed by atoms with van der Waals surface area (Å²) in [6.07, 6.45) is 3.61. The van der Waals surface area contributed by atoms with Crippen molar-refractivity contribution in [2.45, 2.75) is 37.1 Å². The molecule has 4 aromatic rings. The highest BCUT2D eigenvalue weighted by molar-refractivity contribution is 7.98. The first-order valence-corrected chi connectivity index (χ1v) is 11.6. The molecule has 0 radical (unpaired) electrons. The summed E-state index contributed by atoms with van der Waals surface area (Å²) >= 11 is 1.55. The number of rotatable bonds is 5. The van der Waals surface area contributed by atoms with Crippen LogP contribution in [-0.4, -0.2) is 37.2 Å². The summed E-state index contributed by atoms with van der Waals surface area (Å²) < 4.78 is 3.75. The number of fused-ring (bicyclic) bond motifs is 1. The van der Waals surface area contributed by atoms with Gasteiger partial charge in [-0.15, -0.1) is 10.2 Å². The van der Waals surface area contributed by atoms with Gasteiger partial charge in [-0.2, -0.15) is 0 Å². The van der Waals surface area contributed by atoms with Crippen LogP contribution in [0.2, 0.25) is 0 Å². The van der Waals surface area contributed by atoms with Gasteiger partial charge in [0.2, 0.25) is 5.95 Å². The van der Waals surface area contributed by atoms with E-state index in [-0.39, 0.29) is 5.56 Å². The molecule has 3 aromatic heterocycles. The molecule has 0 spiro atoms. The predicted molar refractivity (Wildman–Crippen MR) is 123 cm³/mol. The summed E-state index contributed by atoms with van der Waals surface area (Å²) in [6, 6.07) is 17.5. The van der Waals surface area contributed by atoms with Crippen LogP contribution in [0.5, 0.6) is 0 Å². The van der Waals surface area contributed by atoms with Crippen molar-refractivity contribution < 1.29 is 0 Å². The summed E-state index contributed by atoms with van der Waals surface area (Å²) in [5.74, 6) is 1.43. The Kier molecular flexibility index (Phi) is 5.46. The number of hydrogen-bond donors (Lipinski definition) is 0.